The standard InChI is InChI=1S/C14H20N2O3S.ClH/c1-9-4-5-10(8-16-9)19-13-12(14(17)18-2)11(20-3)6-7-15-13;/h6-7,9-10,16H,4-5,8H2,1-3H3;1H/t9-,10-;/m1./s1. The number of pyridine rings is 1. The van der Waals surface area contributed by atoms with E-state index in [4.69, 9.17) is 9.47 Å². The average Bonchev–Trinajstić information content (AvgIpc) is 2.48. The van der Waals surface area contributed by atoms with Crippen LogP contribution >= 0.6 is 24.2 Å². The lowest BCUT2D eigenvalue weighted by Crippen LogP contribution is -2.42. The third-order valence-electron chi connectivity index (χ3n) is 3.38. The zero-order valence-corrected chi connectivity index (χ0v) is 14.1. The molecular weight excluding hydrogens is 312 g/mol. The van der Waals surface area contributed by atoms with Gasteiger partial charge in [0.15, 0.2) is 0 Å². The highest BCUT2D eigenvalue weighted by molar-refractivity contribution is 7.98. The number of thioether (sulfide) groups is 1. The summed E-state index contributed by atoms with van der Waals surface area (Å²) in [6.07, 6.45) is 5.63. The zero-order valence-electron chi connectivity index (χ0n) is 12.4. The van der Waals surface area contributed by atoms with E-state index in [1.165, 1.54) is 18.9 Å². The molecule has 118 valence electrons. The molecule has 0 unspecified atom stereocenters. The third-order valence-corrected chi connectivity index (χ3v) is 4.16. The quantitative estimate of drug-likeness (QED) is 0.675. The lowest BCUT2D eigenvalue weighted by atomic mass is 10.0. The van der Waals surface area contributed by atoms with Gasteiger partial charge in [-0.1, -0.05) is 0 Å². The lowest BCUT2D eigenvalue weighted by molar-refractivity contribution is 0.0583. The van der Waals surface area contributed by atoms with E-state index in [2.05, 4.69) is 17.2 Å². The Morgan fingerprint density at radius 1 is 1.48 bits per heavy atom. The molecule has 0 aromatic carbocycles. The van der Waals surface area contributed by atoms with Crippen molar-refractivity contribution in [2.24, 2.45) is 0 Å². The lowest BCUT2D eigenvalue weighted by Gasteiger charge is -2.28. The molecule has 0 spiro atoms. The average molecular weight is 333 g/mol. The van der Waals surface area contributed by atoms with Crippen molar-refractivity contribution in [3.05, 3.63) is 17.8 Å². The van der Waals surface area contributed by atoms with Crippen molar-refractivity contribution >= 4 is 30.1 Å². The second-order valence-corrected chi connectivity index (χ2v) is 5.66. The first-order valence-electron chi connectivity index (χ1n) is 6.67. The van der Waals surface area contributed by atoms with Gasteiger partial charge in [0, 0.05) is 23.7 Å². The number of halogens is 1. The summed E-state index contributed by atoms with van der Waals surface area (Å²) in [5.41, 5.74) is 0.418. The SMILES string of the molecule is COC(=O)c1c(SC)ccnc1O[C@@H]1CC[C@@H](C)NC1.Cl. The van der Waals surface area contributed by atoms with Crippen molar-refractivity contribution in [3.8, 4) is 5.88 Å². The monoisotopic (exact) mass is 332 g/mol. The topological polar surface area (TPSA) is 60.5 Å². The minimum Gasteiger partial charge on any atom is -0.472 e. The van der Waals surface area contributed by atoms with Gasteiger partial charge in [-0.2, -0.15) is 0 Å². The first-order chi connectivity index (χ1) is 9.65. The molecule has 2 heterocycles. The Hall–Kier alpha value is -0.980. The predicted octanol–water partition coefficient (Wildman–Crippen LogP) is 2.53. The first kappa shape index (κ1) is 18.1. The summed E-state index contributed by atoms with van der Waals surface area (Å²) in [7, 11) is 1.37. The molecule has 1 N–H and O–H groups in total. The van der Waals surface area contributed by atoms with Gasteiger partial charge in [0.25, 0.3) is 0 Å². The second-order valence-electron chi connectivity index (χ2n) is 4.81. The predicted molar refractivity (Wildman–Crippen MR) is 85.7 cm³/mol. The largest absolute Gasteiger partial charge is 0.472 e. The number of nitrogens with one attached hydrogen (secondary N) is 1. The molecule has 2 atom stereocenters. The second kappa shape index (κ2) is 8.46. The van der Waals surface area contributed by atoms with Gasteiger partial charge in [-0.25, -0.2) is 9.78 Å². The molecule has 0 bridgehead atoms. The highest BCUT2D eigenvalue weighted by atomic mass is 35.5. The van der Waals surface area contributed by atoms with E-state index in [1.807, 2.05) is 6.26 Å². The van der Waals surface area contributed by atoms with E-state index in [1.54, 1.807) is 12.3 Å². The van der Waals surface area contributed by atoms with Crippen LogP contribution in [0, 0.1) is 0 Å². The van der Waals surface area contributed by atoms with Crippen LogP contribution in [0.1, 0.15) is 30.1 Å². The molecule has 1 aliphatic rings. The van der Waals surface area contributed by atoms with Gasteiger partial charge < -0.3 is 14.8 Å². The normalized spacial score (nSPS) is 21.3. The maximum Gasteiger partial charge on any atom is 0.344 e. The molecule has 1 aromatic heterocycles. The van der Waals surface area contributed by atoms with Gasteiger partial charge in [0.05, 0.1) is 7.11 Å². The minimum absolute atomic E-state index is 0. The molecule has 1 fully saturated rings. The number of nitrogens with zero attached hydrogens (tertiary/aromatic N) is 1. The summed E-state index contributed by atoms with van der Waals surface area (Å²) < 4.78 is 10.8. The van der Waals surface area contributed by atoms with Crippen LogP contribution in [0.15, 0.2) is 17.2 Å². The van der Waals surface area contributed by atoms with Crippen molar-refractivity contribution in [2.45, 2.75) is 36.8 Å². The molecule has 1 aliphatic heterocycles. The van der Waals surface area contributed by atoms with Crippen LogP contribution in [0.5, 0.6) is 5.88 Å². The van der Waals surface area contributed by atoms with Crippen LogP contribution in [0.3, 0.4) is 0 Å². The van der Waals surface area contributed by atoms with E-state index in [0.717, 1.165) is 24.3 Å². The fourth-order valence-electron chi connectivity index (χ4n) is 2.21. The number of carbonyl (C=O) groups is 1. The van der Waals surface area contributed by atoms with Crippen LogP contribution in [-0.4, -0.2) is 43.0 Å². The first-order valence-corrected chi connectivity index (χ1v) is 7.89. The van der Waals surface area contributed by atoms with Gasteiger partial charge in [0.2, 0.25) is 5.88 Å². The van der Waals surface area contributed by atoms with E-state index < -0.39 is 5.97 Å². The molecule has 0 saturated carbocycles. The summed E-state index contributed by atoms with van der Waals surface area (Å²) in [6.45, 7) is 2.93. The molecule has 1 aromatic rings. The van der Waals surface area contributed by atoms with E-state index >= 15 is 0 Å². The number of hydrogen-bond acceptors (Lipinski definition) is 6. The Kier molecular flexibility index (Phi) is 7.28. The van der Waals surface area contributed by atoms with Crippen molar-refractivity contribution in [3.63, 3.8) is 0 Å². The van der Waals surface area contributed by atoms with Gasteiger partial charge >= 0.3 is 5.97 Å². The Morgan fingerprint density at radius 3 is 2.81 bits per heavy atom. The van der Waals surface area contributed by atoms with Crippen LogP contribution in [0.25, 0.3) is 0 Å². The number of piperidine rings is 1. The zero-order chi connectivity index (χ0) is 14.5. The third kappa shape index (κ3) is 4.49. The smallest absolute Gasteiger partial charge is 0.344 e. The molecular formula is C14H21ClN2O3S. The van der Waals surface area contributed by atoms with Gasteiger partial charge in [0.1, 0.15) is 11.7 Å². The Labute approximate surface area is 135 Å². The van der Waals surface area contributed by atoms with Gasteiger partial charge in [-0.3, -0.25) is 0 Å². The van der Waals surface area contributed by atoms with Crippen molar-refractivity contribution in [1.29, 1.82) is 0 Å². The highest BCUT2D eigenvalue weighted by Crippen LogP contribution is 2.29. The number of carbonyl (C=O) groups excluding carboxylic acids is 1. The van der Waals surface area contributed by atoms with Gasteiger partial charge in [-0.05, 0) is 32.1 Å². The molecule has 0 aliphatic carbocycles. The number of rotatable bonds is 4. The summed E-state index contributed by atoms with van der Waals surface area (Å²) >= 11 is 1.48. The highest BCUT2D eigenvalue weighted by Gasteiger charge is 2.24. The van der Waals surface area contributed by atoms with Crippen molar-refractivity contribution < 1.29 is 14.3 Å². The minimum atomic E-state index is -0.408. The molecule has 5 nitrogen and oxygen atoms in total. The number of hydrogen-bond donors (Lipinski definition) is 1. The molecule has 0 amide bonds. The van der Waals surface area contributed by atoms with Crippen LogP contribution < -0.4 is 10.1 Å². The summed E-state index contributed by atoms with van der Waals surface area (Å²) in [5, 5.41) is 3.37. The summed E-state index contributed by atoms with van der Waals surface area (Å²) in [6, 6.07) is 2.31. The van der Waals surface area contributed by atoms with Crippen molar-refractivity contribution in [2.75, 3.05) is 19.9 Å². The number of ether oxygens (including phenoxy) is 2. The van der Waals surface area contributed by atoms with E-state index in [-0.39, 0.29) is 18.5 Å². The molecule has 1 saturated heterocycles. The Morgan fingerprint density at radius 2 is 2.24 bits per heavy atom. The van der Waals surface area contributed by atoms with Crippen LogP contribution in [-0.2, 0) is 4.74 Å². The van der Waals surface area contributed by atoms with Gasteiger partial charge in [-0.15, -0.1) is 24.2 Å². The Bertz CT molecular complexity index is 479. The fraction of sp³-hybridized carbons (Fsp3) is 0.571. The number of methoxy groups -OCH3 is 1. The molecule has 2 rings (SSSR count). The van der Waals surface area contributed by atoms with E-state index in [9.17, 15) is 4.79 Å². The molecule has 7 heteroatoms. The fourth-order valence-corrected chi connectivity index (χ4v) is 2.78. The summed E-state index contributed by atoms with van der Waals surface area (Å²) in [5.74, 6) is -0.0420. The maximum atomic E-state index is 11.9. The Balaban J connectivity index is 0.00000220. The van der Waals surface area contributed by atoms with Crippen LogP contribution in [0.4, 0.5) is 0 Å². The molecule has 0 radical (unpaired) electrons. The van der Waals surface area contributed by atoms with E-state index in [0.29, 0.717) is 17.5 Å². The number of aromatic nitrogens is 1. The number of esters is 1. The molecule has 21 heavy (non-hydrogen) atoms. The summed E-state index contributed by atoms with van der Waals surface area (Å²) in [4.78, 5) is 17.0. The maximum absolute atomic E-state index is 11.9. The van der Waals surface area contributed by atoms with Crippen molar-refractivity contribution in [1.82, 2.24) is 10.3 Å². The van der Waals surface area contributed by atoms with Crippen LogP contribution in [0.2, 0.25) is 0 Å².